The van der Waals surface area contributed by atoms with Gasteiger partial charge in [0.25, 0.3) is 0 Å². The molecule has 3 nitrogen and oxygen atoms in total. The normalized spacial score (nSPS) is 28.7. The van der Waals surface area contributed by atoms with Crippen LogP contribution in [0.15, 0.2) is 12.1 Å². The van der Waals surface area contributed by atoms with E-state index in [2.05, 4.69) is 41.5 Å². The third-order valence-corrected chi connectivity index (χ3v) is 11.1. The van der Waals surface area contributed by atoms with Crippen LogP contribution in [-0.2, 0) is 0 Å². The minimum atomic E-state index is -0.0792. The number of halogens is 2. The molecule has 2 saturated carbocycles. The number of hydrogen-bond donors (Lipinski definition) is 2. The molecule has 2 fully saturated rings. The van der Waals surface area contributed by atoms with Crippen molar-refractivity contribution in [3.63, 3.8) is 0 Å². The maximum absolute atomic E-state index is 14.2. The molecule has 0 saturated heterocycles. The quantitative estimate of drug-likeness (QED) is 0.271. The summed E-state index contributed by atoms with van der Waals surface area (Å²) in [6.45, 7) is 14.1. The van der Waals surface area contributed by atoms with E-state index >= 15 is 0 Å². The number of nitrogens with two attached hydrogens (primary N) is 2. The molecular weight excluding hydrogens is 519 g/mol. The Labute approximate surface area is 237 Å². The van der Waals surface area contributed by atoms with E-state index in [1.165, 1.54) is 36.1 Å². The number of thiophene rings is 1. The summed E-state index contributed by atoms with van der Waals surface area (Å²) in [4.78, 5) is 15.6. The van der Waals surface area contributed by atoms with E-state index in [1.54, 1.807) is 23.5 Å². The Morgan fingerprint density at radius 3 is 1.86 bits per heavy atom. The summed E-state index contributed by atoms with van der Waals surface area (Å²) >= 11 is 14.4. The van der Waals surface area contributed by atoms with Crippen LogP contribution >= 0.6 is 34.5 Å². The highest BCUT2D eigenvalue weighted by Crippen LogP contribution is 2.55. The van der Waals surface area contributed by atoms with Crippen molar-refractivity contribution in [3.8, 4) is 0 Å². The Hall–Kier alpha value is -1.23. The summed E-state index contributed by atoms with van der Waals surface area (Å²) in [5.74, 6) is 4.27. The molecule has 4 rings (SSSR count). The van der Waals surface area contributed by atoms with E-state index in [-0.39, 0.29) is 5.78 Å². The maximum Gasteiger partial charge on any atom is 0.196 e. The minimum absolute atomic E-state index is 0.0792. The van der Waals surface area contributed by atoms with Crippen LogP contribution in [0.1, 0.15) is 118 Å². The van der Waals surface area contributed by atoms with Crippen LogP contribution in [0, 0.1) is 35.5 Å². The first-order valence-corrected chi connectivity index (χ1v) is 15.7. The molecule has 2 aliphatic carbocycles. The van der Waals surface area contributed by atoms with Crippen molar-refractivity contribution in [3.05, 3.63) is 43.7 Å². The topological polar surface area (TPSA) is 69.1 Å². The third-order valence-electron chi connectivity index (χ3n) is 9.32. The summed E-state index contributed by atoms with van der Waals surface area (Å²) in [6.07, 6.45) is 7.22. The molecule has 0 aliphatic heterocycles. The lowest BCUT2D eigenvalue weighted by atomic mass is 9.64. The summed E-state index contributed by atoms with van der Waals surface area (Å²) in [5, 5.41) is 1.25. The van der Waals surface area contributed by atoms with Gasteiger partial charge in [-0.15, -0.1) is 11.3 Å². The number of benzene rings is 1. The first kappa shape index (κ1) is 28.8. The molecular formula is C31H44Cl2N2OS. The first-order valence-electron chi connectivity index (χ1n) is 14.1. The third kappa shape index (κ3) is 5.72. The van der Waals surface area contributed by atoms with E-state index in [4.69, 9.17) is 34.7 Å². The fourth-order valence-electron chi connectivity index (χ4n) is 7.26. The molecule has 2 aromatic rings. The minimum Gasteiger partial charge on any atom is -0.396 e. The molecule has 1 aromatic heterocycles. The van der Waals surface area contributed by atoms with Crippen LogP contribution < -0.4 is 11.5 Å². The second-order valence-corrected chi connectivity index (χ2v) is 14.6. The summed E-state index contributed by atoms with van der Waals surface area (Å²) in [6, 6.07) is 3.30. The van der Waals surface area contributed by atoms with Crippen molar-refractivity contribution in [2.75, 3.05) is 11.5 Å². The van der Waals surface area contributed by atoms with E-state index < -0.39 is 0 Å². The summed E-state index contributed by atoms with van der Waals surface area (Å²) in [5.41, 5.74) is 15.5. The monoisotopic (exact) mass is 562 g/mol. The van der Waals surface area contributed by atoms with Crippen molar-refractivity contribution < 1.29 is 4.79 Å². The number of rotatable bonds is 6. The van der Waals surface area contributed by atoms with E-state index in [0.29, 0.717) is 79.2 Å². The summed E-state index contributed by atoms with van der Waals surface area (Å²) in [7, 11) is 0. The van der Waals surface area contributed by atoms with Crippen LogP contribution in [0.3, 0.4) is 0 Å². The van der Waals surface area contributed by atoms with Gasteiger partial charge in [0.1, 0.15) is 0 Å². The Kier molecular flexibility index (Phi) is 8.93. The van der Waals surface area contributed by atoms with Crippen LogP contribution in [0.4, 0.5) is 10.7 Å². The van der Waals surface area contributed by atoms with Crippen LogP contribution in [0.25, 0.3) is 0 Å². The Morgan fingerprint density at radius 1 is 0.865 bits per heavy atom. The van der Waals surface area contributed by atoms with Gasteiger partial charge in [-0.3, -0.25) is 4.79 Å². The average Bonchev–Trinajstić information content (AvgIpc) is 3.17. The number of anilines is 2. The average molecular weight is 564 g/mol. The molecule has 4 N–H and O–H groups in total. The molecule has 204 valence electrons. The van der Waals surface area contributed by atoms with E-state index in [9.17, 15) is 4.79 Å². The lowest BCUT2D eigenvalue weighted by Crippen LogP contribution is -2.30. The number of carbonyl (C=O) groups is 1. The van der Waals surface area contributed by atoms with Gasteiger partial charge in [-0.25, -0.2) is 0 Å². The van der Waals surface area contributed by atoms with E-state index in [0.717, 1.165) is 12.8 Å². The molecule has 0 amide bonds. The Bertz CT molecular complexity index is 1120. The molecule has 0 radical (unpaired) electrons. The van der Waals surface area contributed by atoms with Crippen molar-refractivity contribution in [1.82, 2.24) is 0 Å². The highest BCUT2D eigenvalue weighted by Gasteiger charge is 2.42. The van der Waals surface area contributed by atoms with Crippen molar-refractivity contribution in [2.24, 2.45) is 35.5 Å². The summed E-state index contributed by atoms with van der Waals surface area (Å²) < 4.78 is 0. The molecule has 6 unspecified atom stereocenters. The maximum atomic E-state index is 14.2. The van der Waals surface area contributed by atoms with Gasteiger partial charge in [-0.05, 0) is 90.7 Å². The second-order valence-electron chi connectivity index (χ2n) is 12.7. The standard InChI is InChI=1S/C31H44Cl2N2OS/c1-15(2)20-9-7-17(5)11-22(20)26-27(29(36)19-13-24(32)28(34)25(33)14-19)31(35)37-30(26)23-12-18(6)8-10-21(23)16(3)4/h13-18,20-23H,7-12,34-35H2,1-6H3. The predicted molar refractivity (Wildman–Crippen MR) is 161 cm³/mol. The van der Waals surface area contributed by atoms with Crippen LogP contribution in [0.2, 0.25) is 10.0 Å². The molecule has 6 heteroatoms. The van der Waals surface area contributed by atoms with Crippen molar-refractivity contribution >= 4 is 51.0 Å². The zero-order chi connectivity index (χ0) is 27.2. The molecule has 1 aromatic carbocycles. The molecule has 1 heterocycles. The molecule has 0 spiro atoms. The molecule has 0 bridgehead atoms. The highest BCUT2D eigenvalue weighted by atomic mass is 35.5. The van der Waals surface area contributed by atoms with Gasteiger partial charge in [-0.2, -0.15) is 0 Å². The number of nitrogen functional groups attached to an aromatic ring is 2. The Morgan fingerprint density at radius 2 is 1.35 bits per heavy atom. The number of ketones is 1. The lowest BCUT2D eigenvalue weighted by Gasteiger charge is -2.41. The lowest BCUT2D eigenvalue weighted by molar-refractivity contribution is 0.103. The van der Waals surface area contributed by atoms with Crippen LogP contribution in [0.5, 0.6) is 0 Å². The second kappa shape index (κ2) is 11.5. The van der Waals surface area contributed by atoms with Crippen molar-refractivity contribution in [1.29, 1.82) is 0 Å². The van der Waals surface area contributed by atoms with Gasteiger partial charge in [0, 0.05) is 10.4 Å². The highest BCUT2D eigenvalue weighted by molar-refractivity contribution is 7.16. The van der Waals surface area contributed by atoms with Gasteiger partial charge in [0.05, 0.1) is 26.3 Å². The smallest absolute Gasteiger partial charge is 0.196 e. The first-order chi connectivity index (χ1) is 17.4. The van der Waals surface area contributed by atoms with Crippen molar-refractivity contribution in [2.45, 2.75) is 91.9 Å². The fourth-order valence-corrected chi connectivity index (χ4v) is 9.07. The van der Waals surface area contributed by atoms with Gasteiger partial charge in [-0.1, -0.05) is 77.6 Å². The zero-order valence-electron chi connectivity index (χ0n) is 23.2. The fraction of sp³-hybridized carbons (Fsp3) is 0.645. The Balaban J connectivity index is 1.93. The van der Waals surface area contributed by atoms with Gasteiger partial charge < -0.3 is 11.5 Å². The van der Waals surface area contributed by atoms with Gasteiger partial charge in [0.2, 0.25) is 0 Å². The van der Waals surface area contributed by atoms with Gasteiger partial charge in [0.15, 0.2) is 5.78 Å². The molecule has 2 aliphatic rings. The van der Waals surface area contributed by atoms with Crippen LogP contribution in [-0.4, -0.2) is 5.78 Å². The zero-order valence-corrected chi connectivity index (χ0v) is 25.6. The predicted octanol–water partition coefficient (Wildman–Crippen LogP) is 9.80. The molecule has 6 atom stereocenters. The van der Waals surface area contributed by atoms with E-state index in [1.807, 2.05) is 0 Å². The number of carbonyl (C=O) groups excluding carboxylic acids is 1. The number of hydrogen-bond acceptors (Lipinski definition) is 4. The van der Waals surface area contributed by atoms with Gasteiger partial charge >= 0.3 is 0 Å². The largest absolute Gasteiger partial charge is 0.396 e. The SMILES string of the molecule is CC1CCC(C(C)C)C(c2sc(N)c(C(=O)c3cc(Cl)c(N)c(Cl)c3)c2C2CC(C)CCC2C(C)C)C1. The molecule has 37 heavy (non-hydrogen) atoms.